The molecule has 0 aromatic heterocycles. The van der Waals surface area contributed by atoms with E-state index in [0.717, 1.165) is 17.0 Å². The van der Waals surface area contributed by atoms with Crippen molar-refractivity contribution in [1.29, 1.82) is 0 Å². The SMILES string of the molecule is CCOC(=O)C1=C(COc2cccc(C(F)(F)F)c2)N(C)C(=O)N[C@@H]1c1ccc(Cl)cc1Cl. The van der Waals surface area contributed by atoms with Crippen LogP contribution in [0.2, 0.25) is 10.0 Å². The molecule has 1 heterocycles. The summed E-state index contributed by atoms with van der Waals surface area (Å²) in [7, 11) is 1.40. The van der Waals surface area contributed by atoms with Crippen LogP contribution in [-0.2, 0) is 15.7 Å². The molecule has 0 unspecified atom stereocenters. The van der Waals surface area contributed by atoms with Crippen molar-refractivity contribution in [1.82, 2.24) is 10.2 Å². The van der Waals surface area contributed by atoms with Gasteiger partial charge < -0.3 is 14.8 Å². The minimum Gasteiger partial charge on any atom is -0.487 e. The van der Waals surface area contributed by atoms with Gasteiger partial charge in [0.05, 0.1) is 29.5 Å². The zero-order chi connectivity index (χ0) is 24.3. The molecule has 0 fully saturated rings. The molecule has 2 aromatic carbocycles. The van der Waals surface area contributed by atoms with Gasteiger partial charge in [0.25, 0.3) is 0 Å². The Morgan fingerprint density at radius 1 is 1.18 bits per heavy atom. The zero-order valence-electron chi connectivity index (χ0n) is 17.5. The molecule has 1 atom stereocenters. The molecular weight excluding hydrogens is 484 g/mol. The Balaban J connectivity index is 2.04. The van der Waals surface area contributed by atoms with Crippen LogP contribution in [0.15, 0.2) is 53.7 Å². The van der Waals surface area contributed by atoms with Crippen LogP contribution in [0.1, 0.15) is 24.1 Å². The number of likely N-dealkylation sites (N-methyl/N-ethyl adjacent to an activating group) is 1. The van der Waals surface area contributed by atoms with E-state index < -0.39 is 29.8 Å². The van der Waals surface area contributed by atoms with Crippen LogP contribution in [0.5, 0.6) is 5.75 Å². The number of halogens is 5. The van der Waals surface area contributed by atoms with Gasteiger partial charge in [0, 0.05) is 17.1 Å². The number of carbonyl (C=O) groups is 2. The van der Waals surface area contributed by atoms with Crippen molar-refractivity contribution in [2.45, 2.75) is 19.1 Å². The fourth-order valence-corrected chi connectivity index (χ4v) is 3.78. The first-order valence-corrected chi connectivity index (χ1v) is 10.5. The average molecular weight is 503 g/mol. The number of rotatable bonds is 6. The van der Waals surface area contributed by atoms with E-state index in [0.29, 0.717) is 10.6 Å². The van der Waals surface area contributed by atoms with Crippen molar-refractivity contribution < 1.29 is 32.2 Å². The van der Waals surface area contributed by atoms with Crippen LogP contribution < -0.4 is 10.1 Å². The topological polar surface area (TPSA) is 67.9 Å². The Morgan fingerprint density at radius 3 is 2.55 bits per heavy atom. The molecule has 176 valence electrons. The van der Waals surface area contributed by atoms with Crippen molar-refractivity contribution in [3.63, 3.8) is 0 Å². The number of hydrogen-bond donors (Lipinski definition) is 1. The molecule has 1 N–H and O–H groups in total. The number of hydrogen-bond acceptors (Lipinski definition) is 4. The second kappa shape index (κ2) is 9.93. The normalized spacial score (nSPS) is 16.5. The van der Waals surface area contributed by atoms with Gasteiger partial charge in [-0.05, 0) is 42.8 Å². The van der Waals surface area contributed by atoms with Crippen LogP contribution in [0.4, 0.5) is 18.0 Å². The van der Waals surface area contributed by atoms with E-state index in [1.807, 2.05) is 0 Å². The maximum atomic E-state index is 13.0. The molecule has 1 aliphatic rings. The molecule has 33 heavy (non-hydrogen) atoms. The van der Waals surface area contributed by atoms with Crippen molar-refractivity contribution in [3.8, 4) is 5.75 Å². The Labute approximate surface area is 197 Å². The monoisotopic (exact) mass is 502 g/mol. The van der Waals surface area contributed by atoms with E-state index in [1.165, 1.54) is 25.2 Å². The number of alkyl halides is 3. The molecule has 0 bridgehead atoms. The standard InChI is InChI=1S/C22H19Cl2F3N2O4/c1-3-32-20(30)18-17(11-33-14-6-4-5-12(9-14)22(25,26)27)29(2)21(31)28-19(18)15-8-7-13(23)10-16(15)24/h4-10,19H,3,11H2,1-2H3,(H,28,31)/t19-/m1/s1. The smallest absolute Gasteiger partial charge is 0.416 e. The first-order chi connectivity index (χ1) is 15.5. The highest BCUT2D eigenvalue weighted by Crippen LogP contribution is 2.36. The van der Waals surface area contributed by atoms with Crippen LogP contribution in [0.3, 0.4) is 0 Å². The summed E-state index contributed by atoms with van der Waals surface area (Å²) in [5.41, 5.74) is -0.344. The third-order valence-electron chi connectivity index (χ3n) is 4.88. The van der Waals surface area contributed by atoms with Crippen LogP contribution in [0.25, 0.3) is 0 Å². The van der Waals surface area contributed by atoms with E-state index in [-0.39, 0.29) is 35.3 Å². The van der Waals surface area contributed by atoms with Gasteiger partial charge in [-0.1, -0.05) is 35.3 Å². The number of carbonyl (C=O) groups excluding carboxylic acids is 2. The first-order valence-electron chi connectivity index (χ1n) is 9.72. The third-order valence-corrected chi connectivity index (χ3v) is 5.45. The highest BCUT2D eigenvalue weighted by molar-refractivity contribution is 6.35. The van der Waals surface area contributed by atoms with E-state index >= 15 is 0 Å². The summed E-state index contributed by atoms with van der Waals surface area (Å²) in [6.45, 7) is 1.30. The van der Waals surface area contributed by atoms with Crippen LogP contribution >= 0.6 is 23.2 Å². The number of benzene rings is 2. The number of ether oxygens (including phenoxy) is 2. The second-order valence-electron chi connectivity index (χ2n) is 7.00. The summed E-state index contributed by atoms with van der Waals surface area (Å²) in [6, 6.07) is 7.31. The molecule has 0 radical (unpaired) electrons. The maximum absolute atomic E-state index is 13.0. The molecule has 3 rings (SSSR count). The van der Waals surface area contributed by atoms with Crippen LogP contribution in [-0.4, -0.2) is 37.2 Å². The van der Waals surface area contributed by atoms with Gasteiger partial charge >= 0.3 is 18.2 Å². The number of nitrogens with one attached hydrogen (secondary N) is 1. The van der Waals surface area contributed by atoms with Gasteiger partial charge in [-0.2, -0.15) is 13.2 Å². The fraction of sp³-hybridized carbons (Fsp3) is 0.273. The van der Waals surface area contributed by atoms with E-state index in [2.05, 4.69) is 5.32 Å². The van der Waals surface area contributed by atoms with Gasteiger partial charge in [0.2, 0.25) is 0 Å². The van der Waals surface area contributed by atoms with Gasteiger partial charge in [0.1, 0.15) is 12.4 Å². The molecule has 2 amide bonds. The molecule has 0 aliphatic carbocycles. The summed E-state index contributed by atoms with van der Waals surface area (Å²) in [5.74, 6) is -0.816. The summed E-state index contributed by atoms with van der Waals surface area (Å²) in [6.07, 6.45) is -4.55. The molecule has 1 aliphatic heterocycles. The average Bonchev–Trinajstić information content (AvgIpc) is 2.74. The largest absolute Gasteiger partial charge is 0.487 e. The van der Waals surface area contributed by atoms with Crippen molar-refractivity contribution in [2.24, 2.45) is 0 Å². The lowest BCUT2D eigenvalue weighted by atomic mass is 9.94. The summed E-state index contributed by atoms with van der Waals surface area (Å²) < 4.78 is 49.8. The van der Waals surface area contributed by atoms with Gasteiger partial charge in [-0.3, -0.25) is 4.90 Å². The highest BCUT2D eigenvalue weighted by atomic mass is 35.5. The fourth-order valence-electron chi connectivity index (χ4n) is 3.26. The third kappa shape index (κ3) is 5.54. The minimum absolute atomic E-state index is 0.0372. The Bertz CT molecular complexity index is 1110. The van der Waals surface area contributed by atoms with Crippen LogP contribution in [0, 0.1) is 0 Å². The van der Waals surface area contributed by atoms with E-state index in [9.17, 15) is 22.8 Å². The number of urea groups is 1. The summed E-state index contributed by atoms with van der Waals surface area (Å²) in [4.78, 5) is 26.7. The highest BCUT2D eigenvalue weighted by Gasteiger charge is 2.38. The number of nitrogens with zero attached hydrogens (tertiary/aromatic N) is 1. The molecule has 11 heteroatoms. The maximum Gasteiger partial charge on any atom is 0.416 e. The molecule has 0 saturated heterocycles. The predicted molar refractivity (Wildman–Crippen MR) is 116 cm³/mol. The summed E-state index contributed by atoms with van der Waals surface area (Å²) in [5, 5.41) is 3.25. The molecule has 0 spiro atoms. The van der Waals surface area contributed by atoms with Crippen molar-refractivity contribution >= 4 is 35.2 Å². The minimum atomic E-state index is -4.55. The Morgan fingerprint density at radius 2 is 1.91 bits per heavy atom. The van der Waals surface area contributed by atoms with Crippen molar-refractivity contribution in [2.75, 3.05) is 20.3 Å². The number of amides is 2. The van der Waals surface area contributed by atoms with Gasteiger partial charge in [0.15, 0.2) is 0 Å². The quantitative estimate of drug-likeness (QED) is 0.521. The molecule has 6 nitrogen and oxygen atoms in total. The second-order valence-corrected chi connectivity index (χ2v) is 7.85. The first kappa shape index (κ1) is 24.7. The lowest BCUT2D eigenvalue weighted by Gasteiger charge is -2.34. The lowest BCUT2D eigenvalue weighted by molar-refractivity contribution is -0.139. The zero-order valence-corrected chi connectivity index (χ0v) is 19.0. The summed E-state index contributed by atoms with van der Waals surface area (Å²) >= 11 is 12.3. The molecule has 0 saturated carbocycles. The predicted octanol–water partition coefficient (Wildman–Crippen LogP) is 5.60. The van der Waals surface area contributed by atoms with Gasteiger partial charge in [-0.15, -0.1) is 0 Å². The lowest BCUT2D eigenvalue weighted by Crippen LogP contribution is -2.48. The van der Waals surface area contributed by atoms with E-state index in [4.69, 9.17) is 32.7 Å². The Kier molecular flexibility index (Phi) is 7.44. The molecule has 2 aromatic rings. The van der Waals surface area contributed by atoms with Gasteiger partial charge in [-0.25, -0.2) is 9.59 Å². The Hall–Kier alpha value is -2.91. The van der Waals surface area contributed by atoms with E-state index in [1.54, 1.807) is 19.1 Å². The number of esters is 1. The molecular formula is C22H19Cl2F3N2O4. The van der Waals surface area contributed by atoms with Crippen molar-refractivity contribution in [3.05, 3.63) is 74.9 Å².